The summed E-state index contributed by atoms with van der Waals surface area (Å²) in [5.74, 6) is 0.634. The summed E-state index contributed by atoms with van der Waals surface area (Å²) in [6.45, 7) is 1.41. The van der Waals surface area contributed by atoms with E-state index in [2.05, 4.69) is 41.0 Å². The second kappa shape index (κ2) is 8.30. The predicted octanol–water partition coefficient (Wildman–Crippen LogP) is 4.66. The van der Waals surface area contributed by atoms with Crippen LogP contribution < -0.4 is 4.74 Å². The normalized spacial score (nSPS) is 11.0. The van der Waals surface area contributed by atoms with Crippen molar-refractivity contribution in [1.29, 1.82) is 0 Å². The number of nitrogens with zero attached hydrogens (tertiary/aromatic N) is 1. The van der Waals surface area contributed by atoms with Crippen LogP contribution in [-0.4, -0.2) is 25.5 Å². The lowest BCUT2D eigenvalue weighted by atomic mass is 10.1. The molecule has 0 fully saturated rings. The molecule has 0 bridgehead atoms. The van der Waals surface area contributed by atoms with E-state index in [0.717, 1.165) is 35.2 Å². The first-order valence-electron chi connectivity index (χ1n) is 7.35. The molecule has 0 atom stereocenters. The fourth-order valence-electron chi connectivity index (χ4n) is 2.26. The first kappa shape index (κ1) is 17.0. The molecule has 22 heavy (non-hydrogen) atoms. The first-order chi connectivity index (χ1) is 10.5. The van der Waals surface area contributed by atoms with E-state index in [-0.39, 0.29) is 5.82 Å². The molecule has 0 radical (unpaired) electrons. The highest BCUT2D eigenvalue weighted by Gasteiger charge is 2.06. The lowest BCUT2D eigenvalue weighted by Crippen LogP contribution is -2.13. The third-order valence-corrected chi connectivity index (χ3v) is 3.85. The molecule has 0 aliphatic heterocycles. The van der Waals surface area contributed by atoms with Crippen LogP contribution in [0.25, 0.3) is 0 Å². The van der Waals surface area contributed by atoms with E-state index in [1.54, 1.807) is 6.07 Å². The molecular weight excluding hydrogens is 345 g/mol. The Labute approximate surface area is 140 Å². The van der Waals surface area contributed by atoms with Gasteiger partial charge >= 0.3 is 0 Å². The minimum Gasteiger partial charge on any atom is -0.489 e. The summed E-state index contributed by atoms with van der Waals surface area (Å²) in [5, 5.41) is 0. The number of aryl methyl sites for hydroxylation is 1. The van der Waals surface area contributed by atoms with Crippen molar-refractivity contribution in [1.82, 2.24) is 4.90 Å². The molecule has 0 heterocycles. The number of ether oxygens (including phenoxy) is 1. The molecule has 4 heteroatoms. The van der Waals surface area contributed by atoms with Gasteiger partial charge in [0.2, 0.25) is 0 Å². The topological polar surface area (TPSA) is 12.5 Å². The van der Waals surface area contributed by atoms with Crippen molar-refractivity contribution < 1.29 is 9.13 Å². The van der Waals surface area contributed by atoms with Crippen molar-refractivity contribution in [3.05, 3.63) is 63.9 Å². The van der Waals surface area contributed by atoms with Crippen LogP contribution in [0.4, 0.5) is 4.39 Å². The van der Waals surface area contributed by atoms with Crippen LogP contribution in [0.1, 0.15) is 17.5 Å². The molecule has 2 aromatic rings. The highest BCUT2D eigenvalue weighted by molar-refractivity contribution is 9.10. The Balaban J connectivity index is 2.03. The first-order valence-corrected chi connectivity index (χ1v) is 8.14. The second-order valence-electron chi connectivity index (χ2n) is 5.58. The Hall–Kier alpha value is -1.39. The van der Waals surface area contributed by atoms with Gasteiger partial charge in [0.05, 0.1) is 0 Å². The number of rotatable bonds is 7. The molecule has 0 unspecified atom stereocenters. The summed E-state index contributed by atoms with van der Waals surface area (Å²) in [6.07, 6.45) is 2.02. The van der Waals surface area contributed by atoms with Gasteiger partial charge in [-0.1, -0.05) is 28.1 Å². The summed E-state index contributed by atoms with van der Waals surface area (Å²) >= 11 is 3.51. The van der Waals surface area contributed by atoms with Gasteiger partial charge in [0.15, 0.2) is 0 Å². The van der Waals surface area contributed by atoms with Gasteiger partial charge in [-0.05, 0) is 74.9 Å². The molecule has 0 amide bonds. The van der Waals surface area contributed by atoms with Crippen molar-refractivity contribution in [2.75, 3.05) is 20.6 Å². The number of benzene rings is 2. The van der Waals surface area contributed by atoms with Crippen LogP contribution in [0.5, 0.6) is 5.75 Å². The largest absolute Gasteiger partial charge is 0.489 e. The van der Waals surface area contributed by atoms with Gasteiger partial charge in [0.1, 0.15) is 18.2 Å². The van der Waals surface area contributed by atoms with Crippen molar-refractivity contribution in [3.8, 4) is 5.75 Å². The zero-order valence-corrected chi connectivity index (χ0v) is 14.6. The smallest absolute Gasteiger partial charge is 0.123 e. The molecule has 118 valence electrons. The number of hydrogen-bond donors (Lipinski definition) is 0. The molecule has 2 rings (SSSR count). The van der Waals surface area contributed by atoms with Crippen molar-refractivity contribution >= 4 is 15.9 Å². The molecule has 0 spiro atoms. The van der Waals surface area contributed by atoms with E-state index in [1.165, 1.54) is 17.7 Å². The van der Waals surface area contributed by atoms with Gasteiger partial charge in [0, 0.05) is 4.47 Å². The summed E-state index contributed by atoms with van der Waals surface area (Å²) < 4.78 is 20.1. The van der Waals surface area contributed by atoms with Crippen LogP contribution >= 0.6 is 15.9 Å². The van der Waals surface area contributed by atoms with Gasteiger partial charge in [0.25, 0.3) is 0 Å². The monoisotopic (exact) mass is 365 g/mol. The van der Waals surface area contributed by atoms with Gasteiger partial charge in [-0.3, -0.25) is 0 Å². The third-order valence-electron chi connectivity index (χ3n) is 3.36. The van der Waals surface area contributed by atoms with E-state index in [0.29, 0.717) is 6.61 Å². The van der Waals surface area contributed by atoms with E-state index >= 15 is 0 Å². The molecule has 2 aromatic carbocycles. The average molecular weight is 366 g/mol. The summed E-state index contributed by atoms with van der Waals surface area (Å²) in [4.78, 5) is 2.17. The maximum atomic E-state index is 13.2. The highest BCUT2D eigenvalue weighted by Crippen LogP contribution is 2.25. The van der Waals surface area contributed by atoms with Crippen LogP contribution in [-0.2, 0) is 13.0 Å². The Morgan fingerprint density at radius 2 is 1.95 bits per heavy atom. The van der Waals surface area contributed by atoms with Crippen molar-refractivity contribution in [2.24, 2.45) is 0 Å². The van der Waals surface area contributed by atoms with Crippen molar-refractivity contribution in [3.63, 3.8) is 0 Å². The Morgan fingerprint density at radius 3 is 2.68 bits per heavy atom. The van der Waals surface area contributed by atoms with Crippen LogP contribution in [0.15, 0.2) is 46.9 Å². The fourth-order valence-corrected chi connectivity index (χ4v) is 2.67. The standard InChI is InChI=1S/C18H21BrFNO/c1-21(2)10-4-6-15-12-16(19)8-9-18(15)22-13-14-5-3-7-17(20)11-14/h3,5,7-9,11-12H,4,6,10,13H2,1-2H3. The van der Waals surface area contributed by atoms with Gasteiger partial charge in [-0.2, -0.15) is 0 Å². The van der Waals surface area contributed by atoms with Gasteiger partial charge < -0.3 is 9.64 Å². The fraction of sp³-hybridized carbons (Fsp3) is 0.333. The van der Waals surface area contributed by atoms with E-state index in [9.17, 15) is 4.39 Å². The highest BCUT2D eigenvalue weighted by atomic mass is 79.9. The number of hydrogen-bond acceptors (Lipinski definition) is 2. The lowest BCUT2D eigenvalue weighted by Gasteiger charge is -2.14. The minimum atomic E-state index is -0.233. The molecule has 2 nitrogen and oxygen atoms in total. The maximum absolute atomic E-state index is 13.2. The van der Waals surface area contributed by atoms with Crippen molar-refractivity contribution in [2.45, 2.75) is 19.4 Å². The summed E-state index contributed by atoms with van der Waals surface area (Å²) in [5.41, 5.74) is 2.01. The molecule has 0 aromatic heterocycles. The minimum absolute atomic E-state index is 0.233. The summed E-state index contributed by atoms with van der Waals surface area (Å²) in [6, 6.07) is 12.5. The van der Waals surface area contributed by atoms with E-state index < -0.39 is 0 Å². The molecule has 0 saturated heterocycles. The maximum Gasteiger partial charge on any atom is 0.123 e. The van der Waals surface area contributed by atoms with Crippen LogP contribution in [0.2, 0.25) is 0 Å². The quantitative estimate of drug-likeness (QED) is 0.707. The van der Waals surface area contributed by atoms with Gasteiger partial charge in [-0.15, -0.1) is 0 Å². The predicted molar refractivity (Wildman–Crippen MR) is 91.7 cm³/mol. The Kier molecular flexibility index (Phi) is 6.40. The van der Waals surface area contributed by atoms with Crippen LogP contribution in [0, 0.1) is 5.82 Å². The van der Waals surface area contributed by atoms with Gasteiger partial charge in [-0.25, -0.2) is 4.39 Å². The lowest BCUT2D eigenvalue weighted by molar-refractivity contribution is 0.301. The SMILES string of the molecule is CN(C)CCCc1cc(Br)ccc1OCc1cccc(F)c1. The van der Waals surface area contributed by atoms with Crippen LogP contribution in [0.3, 0.4) is 0 Å². The Bertz CT molecular complexity index is 616. The molecular formula is C18H21BrFNO. The third kappa shape index (κ3) is 5.43. The second-order valence-corrected chi connectivity index (χ2v) is 6.49. The van der Waals surface area contributed by atoms with E-state index in [1.807, 2.05) is 18.2 Å². The number of halogens is 2. The average Bonchev–Trinajstić information content (AvgIpc) is 2.46. The molecule has 0 N–H and O–H groups in total. The molecule has 0 aliphatic carbocycles. The zero-order valence-electron chi connectivity index (χ0n) is 13.0. The molecule has 0 saturated carbocycles. The Morgan fingerprint density at radius 1 is 1.14 bits per heavy atom. The zero-order chi connectivity index (χ0) is 15.9. The molecule has 0 aliphatic rings. The summed E-state index contributed by atoms with van der Waals surface area (Å²) in [7, 11) is 4.14. The van der Waals surface area contributed by atoms with E-state index in [4.69, 9.17) is 4.74 Å².